The van der Waals surface area contributed by atoms with Crippen molar-refractivity contribution < 1.29 is 23.6 Å². The molecule has 6 rings (SSSR count). The van der Waals surface area contributed by atoms with Gasteiger partial charge in [-0.1, -0.05) is 16.8 Å². The van der Waals surface area contributed by atoms with E-state index >= 15 is 0 Å². The molecule has 1 aromatic carbocycles. The van der Waals surface area contributed by atoms with Crippen LogP contribution in [0.2, 0.25) is 5.02 Å². The number of hydrogen-bond donors (Lipinski definition) is 2. The number of imide groups is 2. The van der Waals surface area contributed by atoms with Crippen molar-refractivity contribution >= 4 is 46.1 Å². The number of carbonyl (C=O) groups excluding carboxylic acids is 3. The quantitative estimate of drug-likeness (QED) is 0.493. The number of halogens is 1. The zero-order valence-corrected chi connectivity index (χ0v) is 20.0. The van der Waals surface area contributed by atoms with Gasteiger partial charge in [0.1, 0.15) is 10.7 Å². The van der Waals surface area contributed by atoms with Crippen LogP contribution in [0.3, 0.4) is 0 Å². The number of pyridine rings is 1. The van der Waals surface area contributed by atoms with E-state index in [4.69, 9.17) is 20.9 Å². The molecule has 0 saturated carbocycles. The minimum atomic E-state index is -1.58. The van der Waals surface area contributed by atoms with Crippen LogP contribution >= 0.6 is 11.6 Å². The van der Waals surface area contributed by atoms with Crippen molar-refractivity contribution in [3.63, 3.8) is 0 Å². The number of anilines is 1. The van der Waals surface area contributed by atoms with E-state index in [9.17, 15) is 14.4 Å². The highest BCUT2D eigenvalue weighted by atomic mass is 35.5. The van der Waals surface area contributed by atoms with Crippen LogP contribution in [-0.2, 0) is 20.7 Å². The smallest absolute Gasteiger partial charge is 0.328 e. The lowest BCUT2D eigenvalue weighted by Crippen LogP contribution is -2.75. The number of morpholine rings is 1. The van der Waals surface area contributed by atoms with Gasteiger partial charge in [-0.05, 0) is 51.0 Å². The van der Waals surface area contributed by atoms with E-state index in [1.165, 1.54) is 0 Å². The third-order valence-corrected chi connectivity index (χ3v) is 7.50. The lowest BCUT2D eigenvalue weighted by Gasteiger charge is -2.55. The highest BCUT2D eigenvalue weighted by molar-refractivity contribution is 6.38. The Labute approximate surface area is 204 Å². The number of urea groups is 1. The van der Waals surface area contributed by atoms with Crippen LogP contribution in [0.25, 0.3) is 22.2 Å². The average Bonchev–Trinajstić information content (AvgIpc) is 3.21. The third-order valence-electron chi connectivity index (χ3n) is 7.15. The SMILES string of the molecule is Cc1ccc(-c2noc3c(Cl)c4c(cc23)CC2(C(=O)NC(=O)NC2=O)[C@H]2[C@H](C)O[C@H](C)CN42)cn1. The molecule has 1 spiro atoms. The van der Waals surface area contributed by atoms with Crippen LogP contribution < -0.4 is 15.5 Å². The van der Waals surface area contributed by atoms with Crippen LogP contribution in [0.15, 0.2) is 28.9 Å². The topological polar surface area (TPSA) is 127 Å². The molecule has 0 unspecified atom stereocenters. The second kappa shape index (κ2) is 7.50. The van der Waals surface area contributed by atoms with Gasteiger partial charge in [-0.2, -0.15) is 0 Å². The standard InChI is InChI=1S/C24H22ClN5O5/c1-10-4-5-13(8-26-10)17-15-6-14-7-24(21(31)27-23(33)28-22(24)32)20-12(3)34-11(2)9-30(20)18(14)16(25)19(15)35-29-17/h4-6,8,11-12,20H,7,9H2,1-3H3,(H2,27,28,31,32,33)/t11-,12+,20-/m1/s1. The minimum absolute atomic E-state index is 0.0307. The molecule has 0 radical (unpaired) electrons. The molecular weight excluding hydrogens is 474 g/mol. The number of rotatable bonds is 1. The number of aryl methyl sites for hydroxylation is 1. The first-order valence-electron chi connectivity index (χ1n) is 11.3. The number of carbonyl (C=O) groups is 3. The normalized spacial score (nSPS) is 25.3. The number of nitrogens with zero attached hydrogens (tertiary/aromatic N) is 3. The molecule has 180 valence electrons. The van der Waals surface area contributed by atoms with Gasteiger partial charge in [0.15, 0.2) is 11.0 Å². The zero-order chi connectivity index (χ0) is 24.6. The molecule has 2 N–H and O–H groups in total. The fourth-order valence-electron chi connectivity index (χ4n) is 5.76. The van der Waals surface area contributed by atoms with Gasteiger partial charge in [-0.3, -0.25) is 25.2 Å². The van der Waals surface area contributed by atoms with Crippen molar-refractivity contribution in [2.45, 2.75) is 45.4 Å². The Balaban J connectivity index is 1.59. The van der Waals surface area contributed by atoms with Gasteiger partial charge in [0, 0.05) is 24.0 Å². The molecule has 0 aliphatic carbocycles. The van der Waals surface area contributed by atoms with Crippen molar-refractivity contribution in [3.8, 4) is 11.3 Å². The van der Waals surface area contributed by atoms with E-state index in [0.717, 1.165) is 11.3 Å². The summed E-state index contributed by atoms with van der Waals surface area (Å²) in [6, 6.07) is 4.12. The van der Waals surface area contributed by atoms with E-state index in [2.05, 4.69) is 20.8 Å². The fraction of sp³-hybridized carbons (Fsp3) is 0.375. The lowest BCUT2D eigenvalue weighted by molar-refractivity contribution is -0.153. The van der Waals surface area contributed by atoms with Crippen molar-refractivity contribution in [2.24, 2.45) is 5.41 Å². The number of hydrogen-bond acceptors (Lipinski definition) is 8. The first-order valence-corrected chi connectivity index (χ1v) is 11.7. The molecule has 11 heteroatoms. The van der Waals surface area contributed by atoms with E-state index in [-0.39, 0.29) is 12.5 Å². The first-order chi connectivity index (χ1) is 16.7. The monoisotopic (exact) mass is 495 g/mol. The molecule has 3 aliphatic rings. The molecule has 35 heavy (non-hydrogen) atoms. The number of barbiturate groups is 1. The van der Waals surface area contributed by atoms with Crippen LogP contribution in [0.5, 0.6) is 0 Å². The van der Waals surface area contributed by atoms with E-state index in [1.807, 2.05) is 43.9 Å². The highest BCUT2D eigenvalue weighted by Crippen LogP contribution is 2.51. The van der Waals surface area contributed by atoms with Crippen LogP contribution in [-0.4, -0.2) is 52.8 Å². The Morgan fingerprint density at radius 2 is 1.91 bits per heavy atom. The van der Waals surface area contributed by atoms with E-state index in [1.54, 1.807) is 6.20 Å². The first kappa shape index (κ1) is 22.0. The highest BCUT2D eigenvalue weighted by Gasteiger charge is 2.63. The summed E-state index contributed by atoms with van der Waals surface area (Å²) in [7, 11) is 0. The summed E-state index contributed by atoms with van der Waals surface area (Å²) >= 11 is 6.94. The molecule has 3 aromatic rings. The molecule has 0 bridgehead atoms. The van der Waals surface area contributed by atoms with Crippen LogP contribution in [0.4, 0.5) is 10.5 Å². The Morgan fingerprint density at radius 1 is 1.17 bits per heavy atom. The zero-order valence-electron chi connectivity index (χ0n) is 19.2. The Morgan fingerprint density at radius 3 is 2.60 bits per heavy atom. The maximum absolute atomic E-state index is 13.4. The number of ether oxygens (including phenoxy) is 1. The third kappa shape index (κ3) is 3.02. The number of nitrogens with one attached hydrogen (secondary N) is 2. The van der Waals surface area contributed by atoms with Crippen molar-refractivity contribution in [1.82, 2.24) is 20.8 Å². The molecule has 2 fully saturated rings. The van der Waals surface area contributed by atoms with E-state index in [0.29, 0.717) is 39.5 Å². The predicted octanol–water partition coefficient (Wildman–Crippen LogP) is 2.74. The summed E-state index contributed by atoms with van der Waals surface area (Å²) in [5.74, 6) is -1.30. The average molecular weight is 496 g/mol. The maximum atomic E-state index is 13.4. The summed E-state index contributed by atoms with van der Waals surface area (Å²) < 4.78 is 11.7. The Hall–Kier alpha value is -3.50. The predicted molar refractivity (Wildman–Crippen MR) is 126 cm³/mol. The Bertz CT molecular complexity index is 1400. The molecule has 2 saturated heterocycles. The largest absolute Gasteiger partial charge is 0.372 e. The van der Waals surface area contributed by atoms with Crippen LogP contribution in [0, 0.1) is 12.3 Å². The van der Waals surface area contributed by atoms with Crippen molar-refractivity contribution in [2.75, 3.05) is 11.4 Å². The molecule has 5 heterocycles. The summed E-state index contributed by atoms with van der Waals surface area (Å²) in [4.78, 5) is 44.9. The fourth-order valence-corrected chi connectivity index (χ4v) is 6.13. The van der Waals surface area contributed by atoms with Gasteiger partial charge in [-0.15, -0.1) is 0 Å². The van der Waals surface area contributed by atoms with E-state index < -0.39 is 35.4 Å². The summed E-state index contributed by atoms with van der Waals surface area (Å²) in [5, 5.41) is 9.84. The number of aromatic nitrogens is 2. The number of fused-ring (bicyclic) bond motifs is 5. The second-order valence-electron chi connectivity index (χ2n) is 9.43. The lowest BCUT2D eigenvalue weighted by atomic mass is 9.66. The molecule has 10 nitrogen and oxygen atoms in total. The van der Waals surface area contributed by atoms with Gasteiger partial charge in [0.05, 0.1) is 29.3 Å². The molecule has 2 aromatic heterocycles. The number of benzene rings is 1. The van der Waals surface area contributed by atoms with Crippen molar-refractivity contribution in [3.05, 3.63) is 40.7 Å². The minimum Gasteiger partial charge on any atom is -0.372 e. The van der Waals surface area contributed by atoms with Gasteiger partial charge < -0.3 is 14.2 Å². The molecule has 3 aliphatic heterocycles. The Kier molecular flexibility index (Phi) is 4.71. The molecular formula is C24H22ClN5O5. The summed E-state index contributed by atoms with van der Waals surface area (Å²) in [6.45, 7) is 6.03. The van der Waals surface area contributed by atoms with Crippen molar-refractivity contribution in [1.29, 1.82) is 0 Å². The van der Waals surface area contributed by atoms with Gasteiger partial charge in [-0.25, -0.2) is 4.79 Å². The second-order valence-corrected chi connectivity index (χ2v) is 9.81. The van der Waals surface area contributed by atoms with Gasteiger partial charge in [0.25, 0.3) is 0 Å². The molecule has 4 amide bonds. The van der Waals surface area contributed by atoms with Gasteiger partial charge in [0.2, 0.25) is 11.8 Å². The molecule has 3 atom stereocenters. The van der Waals surface area contributed by atoms with Gasteiger partial charge >= 0.3 is 6.03 Å². The van der Waals surface area contributed by atoms with Crippen LogP contribution in [0.1, 0.15) is 25.1 Å². The summed E-state index contributed by atoms with van der Waals surface area (Å²) in [5.41, 5.74) is 2.37. The summed E-state index contributed by atoms with van der Waals surface area (Å²) in [6.07, 6.45) is 1.06. The number of amides is 4. The maximum Gasteiger partial charge on any atom is 0.328 e.